The third-order valence-corrected chi connectivity index (χ3v) is 6.64. The van der Waals surface area contributed by atoms with Crippen molar-refractivity contribution in [2.75, 3.05) is 5.32 Å². The molecule has 0 radical (unpaired) electrons. The number of aromatic amines is 2. The average Bonchev–Trinajstić information content (AvgIpc) is 3.59. The molecule has 0 bridgehead atoms. The van der Waals surface area contributed by atoms with Gasteiger partial charge in [0.05, 0.1) is 40.7 Å². The van der Waals surface area contributed by atoms with E-state index in [-0.39, 0.29) is 0 Å². The van der Waals surface area contributed by atoms with Gasteiger partial charge in [-0.3, -0.25) is 20.1 Å². The Kier molecular flexibility index (Phi) is 5.73. The molecule has 5 aromatic heterocycles. The third-order valence-electron chi connectivity index (χ3n) is 6.64. The van der Waals surface area contributed by atoms with Gasteiger partial charge in [0.15, 0.2) is 0 Å². The first kappa shape index (κ1) is 22.7. The van der Waals surface area contributed by atoms with Crippen LogP contribution in [0, 0.1) is 12.8 Å². The molecule has 7 heteroatoms. The largest absolute Gasteiger partial charge is 0.358 e. The highest BCUT2D eigenvalue weighted by Gasteiger charge is 2.24. The molecule has 5 heterocycles. The van der Waals surface area contributed by atoms with Crippen molar-refractivity contribution < 1.29 is 0 Å². The van der Waals surface area contributed by atoms with Crippen LogP contribution in [0.3, 0.4) is 0 Å². The number of anilines is 1. The number of rotatable bonds is 8. The number of aryl methyl sites for hydroxylation is 1. The fourth-order valence-corrected chi connectivity index (χ4v) is 4.57. The number of nitrogens with one attached hydrogen (secondary N) is 3. The van der Waals surface area contributed by atoms with Gasteiger partial charge in [0.25, 0.3) is 0 Å². The smallest absolute Gasteiger partial charge is 0.116 e. The number of hydrogen-bond acceptors (Lipinski definition) is 5. The molecule has 3 N–H and O–H groups in total. The van der Waals surface area contributed by atoms with E-state index in [1.807, 2.05) is 42.9 Å². The van der Waals surface area contributed by atoms with Crippen LogP contribution in [0.2, 0.25) is 0 Å². The highest BCUT2D eigenvalue weighted by Crippen LogP contribution is 2.36. The minimum absolute atomic E-state index is 0.570. The van der Waals surface area contributed by atoms with Crippen molar-refractivity contribution in [1.29, 1.82) is 0 Å². The molecule has 6 rings (SSSR count). The fourth-order valence-electron chi connectivity index (χ4n) is 4.57. The number of H-pyrrole nitrogens is 2. The van der Waals surface area contributed by atoms with Gasteiger partial charge >= 0.3 is 0 Å². The molecule has 1 aliphatic carbocycles. The van der Waals surface area contributed by atoms with Crippen molar-refractivity contribution in [3.63, 3.8) is 0 Å². The van der Waals surface area contributed by atoms with Crippen LogP contribution in [0.4, 0.5) is 5.69 Å². The summed E-state index contributed by atoms with van der Waals surface area (Å²) in [6.07, 6.45) is 13.4. The Bertz CT molecular complexity index is 1650. The van der Waals surface area contributed by atoms with Gasteiger partial charge in [-0.05, 0) is 56.0 Å². The Hall–Kier alpha value is -4.78. The van der Waals surface area contributed by atoms with Crippen LogP contribution in [-0.2, 0) is 0 Å². The van der Waals surface area contributed by atoms with Gasteiger partial charge in [-0.15, -0.1) is 0 Å². The number of hydrogen-bond donors (Lipinski definition) is 3. The first-order valence-electron chi connectivity index (χ1n) is 12.3. The monoisotopic (exact) mass is 485 g/mol. The normalized spacial score (nSPS) is 13.6. The molecule has 7 nitrogen and oxygen atoms in total. The number of nitrogens with zero attached hydrogens (tertiary/aromatic N) is 4. The van der Waals surface area contributed by atoms with E-state index in [0.717, 1.165) is 67.5 Å². The van der Waals surface area contributed by atoms with Crippen molar-refractivity contribution in [3.05, 3.63) is 109 Å². The summed E-state index contributed by atoms with van der Waals surface area (Å²) in [6.45, 7) is 10.1. The van der Waals surface area contributed by atoms with Crippen LogP contribution in [-0.4, -0.2) is 30.1 Å². The van der Waals surface area contributed by atoms with Gasteiger partial charge in [-0.2, -0.15) is 5.10 Å². The number of pyridine rings is 3. The van der Waals surface area contributed by atoms with Crippen molar-refractivity contribution in [3.8, 4) is 22.6 Å². The zero-order valence-corrected chi connectivity index (χ0v) is 20.6. The Morgan fingerprint density at radius 3 is 2.78 bits per heavy atom. The van der Waals surface area contributed by atoms with E-state index < -0.39 is 0 Å². The predicted octanol–water partition coefficient (Wildman–Crippen LogP) is 6.67. The summed E-state index contributed by atoms with van der Waals surface area (Å²) in [5.41, 5.74) is 10.3. The Labute approximate surface area is 215 Å². The predicted molar refractivity (Wildman–Crippen MR) is 149 cm³/mol. The van der Waals surface area contributed by atoms with Crippen LogP contribution in [0.5, 0.6) is 0 Å². The molecular weight excluding hydrogens is 458 g/mol. The molecule has 0 aromatic carbocycles. The maximum absolute atomic E-state index is 4.67. The van der Waals surface area contributed by atoms with E-state index >= 15 is 0 Å². The Balaban J connectivity index is 1.37. The van der Waals surface area contributed by atoms with Crippen LogP contribution < -0.4 is 5.32 Å². The first-order chi connectivity index (χ1) is 18.1. The van der Waals surface area contributed by atoms with E-state index in [0.29, 0.717) is 5.92 Å². The summed E-state index contributed by atoms with van der Waals surface area (Å²) in [5.74, 6) is 0.570. The lowest BCUT2D eigenvalue weighted by atomic mass is 10.0. The van der Waals surface area contributed by atoms with Gasteiger partial charge in [0, 0.05) is 45.9 Å². The molecule has 0 atom stereocenters. The average molecular weight is 486 g/mol. The Morgan fingerprint density at radius 1 is 1.11 bits per heavy atom. The molecule has 0 spiro atoms. The summed E-state index contributed by atoms with van der Waals surface area (Å²) in [4.78, 5) is 17.2. The minimum atomic E-state index is 0.570. The van der Waals surface area contributed by atoms with Crippen molar-refractivity contribution in [1.82, 2.24) is 30.1 Å². The third kappa shape index (κ3) is 4.47. The van der Waals surface area contributed by atoms with Crippen LogP contribution in [0.1, 0.15) is 29.8 Å². The first-order valence-corrected chi connectivity index (χ1v) is 12.3. The molecule has 0 aliphatic heterocycles. The molecule has 1 saturated carbocycles. The van der Waals surface area contributed by atoms with E-state index in [1.165, 1.54) is 12.8 Å². The topological polar surface area (TPSA) is 95.2 Å². The lowest BCUT2D eigenvalue weighted by Crippen LogP contribution is -2.00. The maximum atomic E-state index is 4.67. The molecule has 0 saturated heterocycles. The second-order valence-electron chi connectivity index (χ2n) is 9.33. The van der Waals surface area contributed by atoms with Crippen LogP contribution in [0.25, 0.3) is 39.1 Å². The molecule has 5 aromatic rings. The van der Waals surface area contributed by atoms with Gasteiger partial charge in [0.1, 0.15) is 5.69 Å². The molecule has 37 heavy (non-hydrogen) atoms. The molecule has 182 valence electrons. The van der Waals surface area contributed by atoms with Crippen molar-refractivity contribution in [2.24, 2.45) is 5.92 Å². The summed E-state index contributed by atoms with van der Waals surface area (Å²) in [6, 6.07) is 12.1. The Morgan fingerprint density at radius 2 is 2.00 bits per heavy atom. The minimum Gasteiger partial charge on any atom is -0.358 e. The quantitative estimate of drug-likeness (QED) is 0.213. The standard InChI is InChI=1S/C30H27N7/c1-4-7-23(26-8-5-6-11-32-26)24-13-28(35-19(24)3)30-25-14-27(33-17-29(25)36-37-30)21-12-22(16-31-15-21)34-18(2)20-9-10-20/h4-8,11-17,20,34-35H,1-2,9-10H2,3H3,(H,36,37)/b23-7+. The fraction of sp³-hybridized carbons (Fsp3) is 0.133. The lowest BCUT2D eigenvalue weighted by Gasteiger charge is -2.09. The van der Waals surface area contributed by atoms with E-state index in [2.05, 4.69) is 73.7 Å². The summed E-state index contributed by atoms with van der Waals surface area (Å²) < 4.78 is 0. The zero-order valence-electron chi connectivity index (χ0n) is 20.6. The molecular formula is C30H27N7. The molecule has 1 fully saturated rings. The second kappa shape index (κ2) is 9.35. The second-order valence-corrected chi connectivity index (χ2v) is 9.33. The zero-order chi connectivity index (χ0) is 25.4. The molecule has 0 unspecified atom stereocenters. The number of allylic oxidation sites excluding steroid dienone is 3. The maximum Gasteiger partial charge on any atom is 0.116 e. The van der Waals surface area contributed by atoms with Crippen molar-refractivity contribution in [2.45, 2.75) is 19.8 Å². The van der Waals surface area contributed by atoms with Crippen molar-refractivity contribution >= 4 is 22.2 Å². The van der Waals surface area contributed by atoms with Gasteiger partial charge < -0.3 is 10.3 Å². The van der Waals surface area contributed by atoms with Gasteiger partial charge in [0.2, 0.25) is 0 Å². The van der Waals surface area contributed by atoms with E-state index in [9.17, 15) is 0 Å². The number of aromatic nitrogens is 6. The SMILES string of the molecule is C=C/C=C(/c1ccccn1)c1cc(-c2n[nH]c3cnc(-c4cncc(NC(=C)C5CC5)c4)cc23)[nH]c1C. The highest BCUT2D eigenvalue weighted by molar-refractivity contribution is 5.95. The highest BCUT2D eigenvalue weighted by atomic mass is 15.1. The molecule has 0 amide bonds. The molecule has 1 aliphatic rings. The van der Waals surface area contributed by atoms with E-state index in [4.69, 9.17) is 0 Å². The van der Waals surface area contributed by atoms with E-state index in [1.54, 1.807) is 12.3 Å². The van der Waals surface area contributed by atoms with Crippen LogP contribution >= 0.6 is 0 Å². The van der Waals surface area contributed by atoms with Gasteiger partial charge in [-0.25, -0.2) is 0 Å². The summed E-state index contributed by atoms with van der Waals surface area (Å²) in [5, 5.41) is 12.1. The summed E-state index contributed by atoms with van der Waals surface area (Å²) in [7, 11) is 0. The number of fused-ring (bicyclic) bond motifs is 1. The summed E-state index contributed by atoms with van der Waals surface area (Å²) >= 11 is 0. The van der Waals surface area contributed by atoms with Gasteiger partial charge in [-0.1, -0.05) is 31.4 Å². The lowest BCUT2D eigenvalue weighted by molar-refractivity contribution is 1.02. The van der Waals surface area contributed by atoms with Crippen LogP contribution in [0.15, 0.2) is 92.2 Å².